The Morgan fingerprint density at radius 1 is 1.69 bits per heavy atom. The number of likely N-dealkylation sites (tertiary alicyclic amines) is 1. The summed E-state index contributed by atoms with van der Waals surface area (Å²) >= 11 is 3.37. The van der Waals surface area contributed by atoms with Crippen LogP contribution in [0.4, 0.5) is 0 Å². The molecule has 1 amide bonds. The molecule has 4 nitrogen and oxygen atoms in total. The van der Waals surface area contributed by atoms with Crippen molar-refractivity contribution in [2.24, 2.45) is 0 Å². The first-order chi connectivity index (χ1) is 7.70. The largest absolute Gasteiger partial charge is 0.470 e. The molecule has 16 heavy (non-hydrogen) atoms. The number of pyridine rings is 1. The van der Waals surface area contributed by atoms with Gasteiger partial charge in [-0.15, -0.1) is 0 Å². The van der Waals surface area contributed by atoms with Gasteiger partial charge in [0.1, 0.15) is 6.10 Å². The van der Waals surface area contributed by atoms with Crippen molar-refractivity contribution in [2.45, 2.75) is 19.4 Å². The number of halogens is 1. The minimum Gasteiger partial charge on any atom is -0.470 e. The van der Waals surface area contributed by atoms with Crippen molar-refractivity contribution in [1.82, 2.24) is 9.88 Å². The molecule has 2 rings (SSSR count). The molecule has 0 unspecified atom stereocenters. The molecule has 0 atom stereocenters. The van der Waals surface area contributed by atoms with E-state index in [1.807, 2.05) is 19.1 Å². The van der Waals surface area contributed by atoms with Gasteiger partial charge in [0.05, 0.1) is 17.6 Å². The molecule has 1 saturated heterocycles. The number of carbonyl (C=O) groups excluding carboxylic acids is 1. The molecule has 1 aliphatic rings. The number of aromatic nitrogens is 1. The Labute approximate surface area is 103 Å². The monoisotopic (exact) mass is 284 g/mol. The maximum Gasteiger partial charge on any atom is 0.228 e. The fraction of sp³-hybridized carbons (Fsp3) is 0.455. The summed E-state index contributed by atoms with van der Waals surface area (Å²) in [5, 5.41) is 0. The maximum absolute atomic E-state index is 11.3. The lowest BCUT2D eigenvalue weighted by Crippen LogP contribution is -2.56. The van der Waals surface area contributed by atoms with E-state index in [0.29, 0.717) is 25.4 Å². The molecule has 0 aromatic carbocycles. The van der Waals surface area contributed by atoms with E-state index in [2.05, 4.69) is 20.9 Å². The third-order valence-corrected chi connectivity index (χ3v) is 3.11. The van der Waals surface area contributed by atoms with Crippen LogP contribution in [0.5, 0.6) is 5.88 Å². The highest BCUT2D eigenvalue weighted by Gasteiger charge is 2.31. The van der Waals surface area contributed by atoms with Crippen molar-refractivity contribution < 1.29 is 9.53 Å². The maximum atomic E-state index is 11.3. The van der Waals surface area contributed by atoms with Gasteiger partial charge in [0, 0.05) is 12.6 Å². The minimum absolute atomic E-state index is 0.0710. The van der Waals surface area contributed by atoms with Gasteiger partial charge in [-0.05, 0) is 28.1 Å². The van der Waals surface area contributed by atoms with E-state index in [0.717, 1.165) is 4.47 Å². The third-order valence-electron chi connectivity index (χ3n) is 2.51. The smallest absolute Gasteiger partial charge is 0.228 e. The van der Waals surface area contributed by atoms with E-state index < -0.39 is 0 Å². The zero-order valence-electron chi connectivity index (χ0n) is 9.02. The number of nitrogens with zero attached hydrogens (tertiary/aromatic N) is 2. The van der Waals surface area contributed by atoms with Crippen molar-refractivity contribution >= 4 is 21.8 Å². The van der Waals surface area contributed by atoms with Gasteiger partial charge >= 0.3 is 0 Å². The third kappa shape index (κ3) is 2.35. The molecule has 1 aromatic heterocycles. The molecule has 1 fully saturated rings. The van der Waals surface area contributed by atoms with Crippen molar-refractivity contribution in [2.75, 3.05) is 13.1 Å². The van der Waals surface area contributed by atoms with Crippen molar-refractivity contribution in [3.05, 3.63) is 22.8 Å². The fourth-order valence-electron chi connectivity index (χ4n) is 1.56. The van der Waals surface area contributed by atoms with Gasteiger partial charge in [0.15, 0.2) is 0 Å². The summed E-state index contributed by atoms with van der Waals surface area (Å²) in [6.07, 6.45) is 2.31. The summed E-state index contributed by atoms with van der Waals surface area (Å²) in [6.45, 7) is 3.19. The molecule has 1 aromatic rings. The standard InChI is InChI=1S/C11H13BrN2O2/c1-2-10(15)14-6-8(7-14)16-11-9(12)4-3-5-13-11/h3-5,8H,2,6-7H2,1H3. The molecule has 86 valence electrons. The van der Waals surface area contributed by atoms with Gasteiger partial charge in [-0.1, -0.05) is 6.92 Å². The predicted octanol–water partition coefficient (Wildman–Crippen LogP) is 1.84. The molecule has 2 heterocycles. The molecule has 5 heteroatoms. The summed E-state index contributed by atoms with van der Waals surface area (Å²) in [7, 11) is 0. The van der Waals surface area contributed by atoms with Crippen molar-refractivity contribution in [1.29, 1.82) is 0 Å². The highest BCUT2D eigenvalue weighted by atomic mass is 79.9. The van der Waals surface area contributed by atoms with E-state index in [1.165, 1.54) is 0 Å². The average Bonchev–Trinajstić information content (AvgIpc) is 2.24. The summed E-state index contributed by atoms with van der Waals surface area (Å²) in [5.74, 6) is 0.774. The molecule has 1 aliphatic heterocycles. The number of hydrogen-bond acceptors (Lipinski definition) is 3. The average molecular weight is 285 g/mol. The molecular formula is C11H13BrN2O2. The SMILES string of the molecule is CCC(=O)N1CC(Oc2ncccc2Br)C1. The molecule has 0 aliphatic carbocycles. The van der Waals surface area contributed by atoms with Crippen LogP contribution in [0.3, 0.4) is 0 Å². The first kappa shape index (κ1) is 11.4. The second-order valence-electron chi connectivity index (χ2n) is 3.68. The molecule has 0 radical (unpaired) electrons. The molecule has 0 spiro atoms. The Hall–Kier alpha value is -1.10. The van der Waals surface area contributed by atoms with Gasteiger partial charge in [0.25, 0.3) is 0 Å². The summed E-state index contributed by atoms with van der Waals surface area (Å²) < 4.78 is 6.50. The first-order valence-corrected chi connectivity index (χ1v) is 6.05. The Balaban J connectivity index is 1.86. The molecule has 0 N–H and O–H groups in total. The van der Waals surface area contributed by atoms with E-state index in [4.69, 9.17) is 4.74 Å². The van der Waals surface area contributed by atoms with Crippen LogP contribution in [0.1, 0.15) is 13.3 Å². The summed E-state index contributed by atoms with van der Waals surface area (Å²) in [5.41, 5.74) is 0. The Morgan fingerprint density at radius 2 is 2.44 bits per heavy atom. The van der Waals surface area contributed by atoms with Crippen LogP contribution in [-0.2, 0) is 4.79 Å². The number of ether oxygens (including phenoxy) is 1. The number of carbonyl (C=O) groups is 1. The predicted molar refractivity (Wildman–Crippen MR) is 63.2 cm³/mol. The molecule has 0 saturated carbocycles. The van der Waals surface area contributed by atoms with E-state index >= 15 is 0 Å². The first-order valence-electron chi connectivity index (χ1n) is 5.25. The van der Waals surface area contributed by atoms with Crippen LogP contribution in [-0.4, -0.2) is 35.0 Å². The van der Waals surface area contributed by atoms with E-state index in [9.17, 15) is 4.79 Å². The number of amides is 1. The Morgan fingerprint density at radius 3 is 3.06 bits per heavy atom. The highest BCUT2D eigenvalue weighted by Crippen LogP contribution is 2.24. The van der Waals surface area contributed by atoms with Crippen LogP contribution in [0.2, 0.25) is 0 Å². The number of hydrogen-bond donors (Lipinski definition) is 0. The van der Waals surface area contributed by atoms with Crippen LogP contribution in [0, 0.1) is 0 Å². The Bertz CT molecular complexity index is 391. The lowest BCUT2D eigenvalue weighted by atomic mass is 10.1. The highest BCUT2D eigenvalue weighted by molar-refractivity contribution is 9.10. The summed E-state index contributed by atoms with van der Waals surface area (Å²) in [6, 6.07) is 3.72. The van der Waals surface area contributed by atoms with Crippen molar-refractivity contribution in [3.8, 4) is 5.88 Å². The second kappa shape index (κ2) is 4.82. The van der Waals surface area contributed by atoms with Crippen LogP contribution in [0.15, 0.2) is 22.8 Å². The van der Waals surface area contributed by atoms with Gasteiger partial charge in [-0.2, -0.15) is 0 Å². The van der Waals surface area contributed by atoms with Crippen LogP contribution in [0.25, 0.3) is 0 Å². The van der Waals surface area contributed by atoms with E-state index in [1.54, 1.807) is 11.1 Å². The minimum atomic E-state index is 0.0710. The number of rotatable bonds is 3. The Kier molecular flexibility index (Phi) is 3.43. The fourth-order valence-corrected chi connectivity index (χ4v) is 1.90. The zero-order valence-corrected chi connectivity index (χ0v) is 10.6. The van der Waals surface area contributed by atoms with Gasteiger partial charge < -0.3 is 9.64 Å². The van der Waals surface area contributed by atoms with Gasteiger partial charge in [-0.3, -0.25) is 4.79 Å². The molecular weight excluding hydrogens is 272 g/mol. The topological polar surface area (TPSA) is 42.4 Å². The van der Waals surface area contributed by atoms with Crippen LogP contribution < -0.4 is 4.74 Å². The summed E-state index contributed by atoms with van der Waals surface area (Å²) in [4.78, 5) is 17.2. The zero-order chi connectivity index (χ0) is 11.5. The van der Waals surface area contributed by atoms with Crippen LogP contribution >= 0.6 is 15.9 Å². The second-order valence-corrected chi connectivity index (χ2v) is 4.54. The quantitative estimate of drug-likeness (QED) is 0.851. The lowest BCUT2D eigenvalue weighted by Gasteiger charge is -2.38. The normalized spacial score (nSPS) is 15.8. The van der Waals surface area contributed by atoms with Gasteiger partial charge in [-0.25, -0.2) is 4.98 Å². The van der Waals surface area contributed by atoms with E-state index in [-0.39, 0.29) is 12.0 Å². The lowest BCUT2D eigenvalue weighted by molar-refractivity contribution is -0.139. The van der Waals surface area contributed by atoms with Gasteiger partial charge in [0.2, 0.25) is 11.8 Å². The molecule has 0 bridgehead atoms. The van der Waals surface area contributed by atoms with Crippen molar-refractivity contribution in [3.63, 3.8) is 0 Å².